The Balaban J connectivity index is 1.93. The number of anilines is 1. The van der Waals surface area contributed by atoms with E-state index in [1.165, 1.54) is 24.3 Å². The molecule has 2 aromatic rings. The standard InChI is InChI=1S/C16H18F3N5O3/c1-8(2)12(20)14(26)21-7-11(25)22-10-5-3-9(4-6-10)13-23-15(27-24-13)16(17,18)19/h3-6,8,12H,7,20H2,1-2H3,(H,21,26)(H,22,25)/t12-/m0/s1. The van der Waals surface area contributed by atoms with Gasteiger partial charge in [-0.05, 0) is 30.2 Å². The fourth-order valence-electron chi connectivity index (χ4n) is 1.95. The van der Waals surface area contributed by atoms with Crippen LogP contribution < -0.4 is 16.4 Å². The van der Waals surface area contributed by atoms with Crippen molar-refractivity contribution in [3.8, 4) is 11.4 Å². The number of aromatic nitrogens is 2. The van der Waals surface area contributed by atoms with Gasteiger partial charge in [0.05, 0.1) is 12.6 Å². The lowest BCUT2D eigenvalue weighted by Gasteiger charge is -2.15. The molecule has 0 bridgehead atoms. The number of halogens is 3. The summed E-state index contributed by atoms with van der Waals surface area (Å²) in [6.45, 7) is 3.31. The highest BCUT2D eigenvalue weighted by Crippen LogP contribution is 2.29. The van der Waals surface area contributed by atoms with E-state index >= 15 is 0 Å². The third-order valence-electron chi connectivity index (χ3n) is 3.54. The summed E-state index contributed by atoms with van der Waals surface area (Å²) >= 11 is 0. The van der Waals surface area contributed by atoms with Crippen LogP contribution in [0.2, 0.25) is 0 Å². The molecule has 2 amide bonds. The maximum atomic E-state index is 12.5. The average Bonchev–Trinajstić information content (AvgIpc) is 3.10. The van der Waals surface area contributed by atoms with E-state index < -0.39 is 29.9 Å². The van der Waals surface area contributed by atoms with Gasteiger partial charge >= 0.3 is 12.1 Å². The molecule has 146 valence electrons. The second-order valence-corrected chi connectivity index (χ2v) is 6.03. The van der Waals surface area contributed by atoms with Gasteiger partial charge in [0.25, 0.3) is 0 Å². The van der Waals surface area contributed by atoms with Crippen molar-refractivity contribution in [3.63, 3.8) is 0 Å². The number of nitrogens with zero attached hydrogens (tertiary/aromatic N) is 2. The minimum atomic E-state index is -4.72. The normalized spacial score (nSPS) is 12.7. The molecule has 0 spiro atoms. The number of nitrogens with two attached hydrogens (primary N) is 1. The molecule has 1 aromatic heterocycles. The SMILES string of the molecule is CC(C)[C@H](N)C(=O)NCC(=O)Nc1ccc(-c2noc(C(F)(F)F)n2)cc1. The summed E-state index contributed by atoms with van der Waals surface area (Å²) in [4.78, 5) is 26.8. The molecule has 1 heterocycles. The van der Waals surface area contributed by atoms with Crippen LogP contribution in [0.4, 0.5) is 18.9 Å². The van der Waals surface area contributed by atoms with E-state index in [1.807, 2.05) is 0 Å². The Morgan fingerprint density at radius 3 is 2.37 bits per heavy atom. The summed E-state index contributed by atoms with van der Waals surface area (Å²) in [6, 6.07) is 5.05. The van der Waals surface area contributed by atoms with Gasteiger partial charge in [0.2, 0.25) is 17.6 Å². The Kier molecular flexibility index (Phi) is 6.16. The molecule has 0 aliphatic heterocycles. The average molecular weight is 385 g/mol. The first-order valence-electron chi connectivity index (χ1n) is 7.92. The van der Waals surface area contributed by atoms with Crippen molar-refractivity contribution in [1.82, 2.24) is 15.5 Å². The lowest BCUT2D eigenvalue weighted by molar-refractivity contribution is -0.159. The molecule has 0 saturated heterocycles. The predicted octanol–water partition coefficient (Wildman–Crippen LogP) is 1.79. The quantitative estimate of drug-likeness (QED) is 0.697. The van der Waals surface area contributed by atoms with Crippen LogP contribution in [-0.2, 0) is 15.8 Å². The molecule has 8 nitrogen and oxygen atoms in total. The van der Waals surface area contributed by atoms with Gasteiger partial charge in [-0.15, -0.1) is 0 Å². The lowest BCUT2D eigenvalue weighted by Crippen LogP contribution is -2.46. The van der Waals surface area contributed by atoms with E-state index in [0.29, 0.717) is 5.69 Å². The topological polar surface area (TPSA) is 123 Å². The van der Waals surface area contributed by atoms with Gasteiger partial charge in [0, 0.05) is 11.3 Å². The third kappa shape index (κ3) is 5.51. The minimum Gasteiger partial charge on any atom is -0.346 e. The molecule has 1 atom stereocenters. The third-order valence-corrected chi connectivity index (χ3v) is 3.54. The van der Waals surface area contributed by atoms with Gasteiger partial charge in [0.15, 0.2) is 0 Å². The van der Waals surface area contributed by atoms with Crippen molar-refractivity contribution in [3.05, 3.63) is 30.2 Å². The number of alkyl halides is 3. The number of rotatable bonds is 6. The van der Waals surface area contributed by atoms with E-state index in [0.717, 1.165) is 0 Å². The Bertz CT molecular complexity index is 802. The largest absolute Gasteiger partial charge is 0.471 e. The molecule has 2 rings (SSSR count). The second-order valence-electron chi connectivity index (χ2n) is 6.03. The number of carbonyl (C=O) groups is 2. The molecule has 27 heavy (non-hydrogen) atoms. The van der Waals surface area contributed by atoms with Gasteiger partial charge < -0.3 is 20.9 Å². The van der Waals surface area contributed by atoms with Crippen LogP contribution in [0.1, 0.15) is 19.7 Å². The smallest absolute Gasteiger partial charge is 0.346 e. The van der Waals surface area contributed by atoms with Crippen LogP contribution in [0.15, 0.2) is 28.8 Å². The van der Waals surface area contributed by atoms with Crippen molar-refractivity contribution in [2.45, 2.75) is 26.1 Å². The zero-order valence-electron chi connectivity index (χ0n) is 14.5. The lowest BCUT2D eigenvalue weighted by atomic mass is 10.1. The fourth-order valence-corrected chi connectivity index (χ4v) is 1.95. The zero-order chi connectivity index (χ0) is 20.2. The number of benzene rings is 1. The Morgan fingerprint density at radius 2 is 1.85 bits per heavy atom. The number of hydrogen-bond donors (Lipinski definition) is 3. The Hall–Kier alpha value is -2.95. The second kappa shape index (κ2) is 8.16. The first-order valence-corrected chi connectivity index (χ1v) is 7.92. The first kappa shape index (κ1) is 20.4. The molecule has 1 aromatic carbocycles. The van der Waals surface area contributed by atoms with Crippen molar-refractivity contribution in [2.24, 2.45) is 11.7 Å². The van der Waals surface area contributed by atoms with Crippen LogP contribution in [0.25, 0.3) is 11.4 Å². The van der Waals surface area contributed by atoms with E-state index in [2.05, 4.69) is 25.3 Å². The van der Waals surface area contributed by atoms with Crippen molar-refractivity contribution < 1.29 is 27.3 Å². The van der Waals surface area contributed by atoms with Gasteiger partial charge in [0.1, 0.15) is 0 Å². The van der Waals surface area contributed by atoms with Crippen LogP contribution in [-0.4, -0.2) is 34.5 Å². The van der Waals surface area contributed by atoms with Crippen LogP contribution in [0.3, 0.4) is 0 Å². The molecular formula is C16H18F3N5O3. The van der Waals surface area contributed by atoms with E-state index in [1.54, 1.807) is 13.8 Å². The van der Waals surface area contributed by atoms with Gasteiger partial charge in [-0.25, -0.2) is 0 Å². The number of amides is 2. The highest BCUT2D eigenvalue weighted by Gasteiger charge is 2.38. The molecule has 0 aliphatic rings. The van der Waals surface area contributed by atoms with E-state index in [4.69, 9.17) is 5.73 Å². The van der Waals surface area contributed by atoms with E-state index in [-0.39, 0.29) is 23.9 Å². The summed E-state index contributed by atoms with van der Waals surface area (Å²) < 4.78 is 41.6. The molecular weight excluding hydrogens is 367 g/mol. The van der Waals surface area contributed by atoms with Gasteiger partial charge in [-0.1, -0.05) is 19.0 Å². The van der Waals surface area contributed by atoms with Crippen molar-refractivity contribution in [1.29, 1.82) is 0 Å². The molecule has 0 unspecified atom stereocenters. The summed E-state index contributed by atoms with van der Waals surface area (Å²) in [5.41, 5.74) is 6.33. The minimum absolute atomic E-state index is 0.0661. The number of carbonyl (C=O) groups excluding carboxylic acids is 2. The molecule has 0 fully saturated rings. The fraction of sp³-hybridized carbons (Fsp3) is 0.375. The molecule has 4 N–H and O–H groups in total. The summed E-state index contributed by atoms with van der Waals surface area (Å²) in [6.07, 6.45) is -4.72. The molecule has 11 heteroatoms. The van der Waals surface area contributed by atoms with Crippen molar-refractivity contribution >= 4 is 17.5 Å². The number of nitrogens with one attached hydrogen (secondary N) is 2. The van der Waals surface area contributed by atoms with Crippen molar-refractivity contribution in [2.75, 3.05) is 11.9 Å². The summed E-state index contributed by atoms with van der Waals surface area (Å²) in [7, 11) is 0. The zero-order valence-corrected chi connectivity index (χ0v) is 14.5. The molecule has 0 saturated carbocycles. The summed E-state index contributed by atoms with van der Waals surface area (Å²) in [5.74, 6) is -2.65. The van der Waals surface area contributed by atoms with Crippen LogP contribution in [0.5, 0.6) is 0 Å². The Labute approximate surface area is 152 Å². The monoisotopic (exact) mass is 385 g/mol. The van der Waals surface area contributed by atoms with Gasteiger partial charge in [-0.2, -0.15) is 18.2 Å². The summed E-state index contributed by atoms with van der Waals surface area (Å²) in [5, 5.41) is 8.23. The highest BCUT2D eigenvalue weighted by atomic mass is 19.4. The number of hydrogen-bond acceptors (Lipinski definition) is 6. The first-order chi connectivity index (χ1) is 12.6. The van der Waals surface area contributed by atoms with Crippen LogP contribution in [0, 0.1) is 5.92 Å². The van der Waals surface area contributed by atoms with Crippen LogP contribution >= 0.6 is 0 Å². The van der Waals surface area contributed by atoms with E-state index in [9.17, 15) is 22.8 Å². The molecule has 0 radical (unpaired) electrons. The maximum absolute atomic E-state index is 12.5. The van der Waals surface area contributed by atoms with Gasteiger partial charge in [-0.3, -0.25) is 9.59 Å². The maximum Gasteiger partial charge on any atom is 0.471 e. The highest BCUT2D eigenvalue weighted by molar-refractivity contribution is 5.95. The molecule has 0 aliphatic carbocycles. The Morgan fingerprint density at radius 1 is 1.22 bits per heavy atom. The predicted molar refractivity (Wildman–Crippen MR) is 89.2 cm³/mol.